The lowest BCUT2D eigenvalue weighted by atomic mass is 9.99. The molecule has 188 valence electrons. The highest BCUT2D eigenvalue weighted by molar-refractivity contribution is 5.94. The maximum atomic E-state index is 13.9. The minimum Gasteiger partial charge on any atom is -0.330 e. The van der Waals surface area contributed by atoms with Gasteiger partial charge in [0, 0.05) is 18.7 Å². The van der Waals surface area contributed by atoms with E-state index >= 15 is 0 Å². The number of amides is 1. The molecule has 3 aromatic carbocycles. The molecule has 4 aromatic rings. The standard InChI is InChI=1S/C31H38N4O/c1-21(2)29(34(17-9-16-32)31(36)26-14-12-22(3)13-15-26)30-33-27-18-23(4)24(5)19-28(27)35(30)20-25-10-7-6-8-11-25/h6-8,10-15,18-19,21,29H,9,16-17,20,32H2,1-5H3/t29-/m1/s1. The van der Waals surface area contributed by atoms with Crippen LogP contribution in [0.3, 0.4) is 0 Å². The molecule has 0 spiro atoms. The van der Waals surface area contributed by atoms with Gasteiger partial charge < -0.3 is 15.2 Å². The molecule has 0 bridgehead atoms. The molecule has 0 saturated heterocycles. The summed E-state index contributed by atoms with van der Waals surface area (Å²) in [5, 5.41) is 0. The maximum absolute atomic E-state index is 13.9. The number of aryl methyl sites for hydroxylation is 3. The number of hydrogen-bond donors (Lipinski definition) is 1. The van der Waals surface area contributed by atoms with Crippen LogP contribution in [0.15, 0.2) is 66.7 Å². The summed E-state index contributed by atoms with van der Waals surface area (Å²) in [6, 6.07) is 22.5. The zero-order valence-corrected chi connectivity index (χ0v) is 22.2. The van der Waals surface area contributed by atoms with E-state index in [0.717, 1.165) is 28.8 Å². The highest BCUT2D eigenvalue weighted by Crippen LogP contribution is 2.33. The maximum Gasteiger partial charge on any atom is 0.254 e. The van der Waals surface area contributed by atoms with Crippen LogP contribution in [0.25, 0.3) is 11.0 Å². The first-order valence-electron chi connectivity index (χ1n) is 12.9. The van der Waals surface area contributed by atoms with Crippen LogP contribution in [0.4, 0.5) is 0 Å². The quantitative estimate of drug-likeness (QED) is 0.309. The van der Waals surface area contributed by atoms with Crippen molar-refractivity contribution in [2.24, 2.45) is 11.7 Å². The summed E-state index contributed by atoms with van der Waals surface area (Å²) < 4.78 is 2.31. The number of fused-ring (bicyclic) bond motifs is 1. The summed E-state index contributed by atoms with van der Waals surface area (Å²) in [5.41, 5.74) is 13.5. The third-order valence-electron chi connectivity index (χ3n) is 6.97. The van der Waals surface area contributed by atoms with E-state index in [1.165, 1.54) is 16.7 Å². The summed E-state index contributed by atoms with van der Waals surface area (Å²) in [4.78, 5) is 21.1. The van der Waals surface area contributed by atoms with Crippen LogP contribution in [-0.4, -0.2) is 33.4 Å². The van der Waals surface area contributed by atoms with Crippen LogP contribution in [0.1, 0.15) is 64.7 Å². The average molecular weight is 483 g/mol. The SMILES string of the molecule is Cc1ccc(C(=O)N(CCCN)[C@@H](c2nc3cc(C)c(C)cc3n2Cc2ccccc2)C(C)C)cc1. The largest absolute Gasteiger partial charge is 0.330 e. The third kappa shape index (κ3) is 5.36. The van der Waals surface area contributed by atoms with Gasteiger partial charge in [0.1, 0.15) is 5.82 Å². The molecular formula is C31H38N4O. The number of aromatic nitrogens is 2. The van der Waals surface area contributed by atoms with Gasteiger partial charge >= 0.3 is 0 Å². The Morgan fingerprint density at radius 1 is 0.972 bits per heavy atom. The van der Waals surface area contributed by atoms with Crippen LogP contribution >= 0.6 is 0 Å². The van der Waals surface area contributed by atoms with Gasteiger partial charge in [-0.3, -0.25) is 4.79 Å². The summed E-state index contributed by atoms with van der Waals surface area (Å²) in [5.74, 6) is 1.10. The number of benzene rings is 3. The molecular weight excluding hydrogens is 444 g/mol. The van der Waals surface area contributed by atoms with E-state index in [2.05, 4.69) is 68.7 Å². The zero-order valence-electron chi connectivity index (χ0n) is 22.2. The predicted octanol–water partition coefficient (Wildman–Crippen LogP) is 6.20. The van der Waals surface area contributed by atoms with Crippen molar-refractivity contribution in [2.45, 2.75) is 53.6 Å². The Hall–Kier alpha value is -3.44. The van der Waals surface area contributed by atoms with Crippen LogP contribution in [-0.2, 0) is 6.54 Å². The van der Waals surface area contributed by atoms with E-state index in [1.54, 1.807) is 0 Å². The van der Waals surface area contributed by atoms with Crippen LogP contribution in [0.5, 0.6) is 0 Å². The van der Waals surface area contributed by atoms with Crippen molar-refractivity contribution in [1.29, 1.82) is 0 Å². The van der Waals surface area contributed by atoms with Crippen LogP contribution < -0.4 is 5.73 Å². The first kappa shape index (κ1) is 25.6. The minimum atomic E-state index is -0.193. The lowest BCUT2D eigenvalue weighted by Crippen LogP contribution is -2.40. The molecule has 0 fully saturated rings. The molecule has 0 unspecified atom stereocenters. The van der Waals surface area contributed by atoms with Gasteiger partial charge in [0.2, 0.25) is 0 Å². The number of rotatable bonds is 9. The van der Waals surface area contributed by atoms with Crippen LogP contribution in [0, 0.1) is 26.7 Å². The van der Waals surface area contributed by atoms with E-state index in [9.17, 15) is 4.79 Å². The Morgan fingerprint density at radius 3 is 2.28 bits per heavy atom. The molecule has 1 heterocycles. The molecule has 4 rings (SSSR count). The molecule has 0 aliphatic rings. The third-order valence-corrected chi connectivity index (χ3v) is 6.97. The molecule has 1 aromatic heterocycles. The zero-order chi connectivity index (χ0) is 25.8. The lowest BCUT2D eigenvalue weighted by molar-refractivity contribution is 0.0605. The summed E-state index contributed by atoms with van der Waals surface area (Å²) in [7, 11) is 0. The van der Waals surface area contributed by atoms with Crippen LogP contribution in [0.2, 0.25) is 0 Å². The molecule has 1 atom stereocenters. The molecule has 36 heavy (non-hydrogen) atoms. The predicted molar refractivity (Wildman–Crippen MR) is 148 cm³/mol. The van der Waals surface area contributed by atoms with Gasteiger partial charge in [-0.2, -0.15) is 0 Å². The van der Waals surface area contributed by atoms with Gasteiger partial charge in [-0.15, -0.1) is 0 Å². The van der Waals surface area contributed by atoms with E-state index < -0.39 is 0 Å². The highest BCUT2D eigenvalue weighted by atomic mass is 16.2. The number of nitrogens with zero attached hydrogens (tertiary/aromatic N) is 3. The Balaban J connectivity index is 1.88. The van der Waals surface area contributed by atoms with Gasteiger partial charge in [-0.25, -0.2) is 4.98 Å². The fourth-order valence-corrected chi connectivity index (χ4v) is 4.84. The van der Waals surface area contributed by atoms with E-state index in [-0.39, 0.29) is 17.9 Å². The smallest absolute Gasteiger partial charge is 0.254 e. The van der Waals surface area contributed by atoms with Gasteiger partial charge in [-0.1, -0.05) is 61.9 Å². The Labute approximate surface area is 215 Å². The van der Waals surface area contributed by atoms with Gasteiger partial charge in [0.15, 0.2) is 0 Å². The first-order chi connectivity index (χ1) is 17.3. The first-order valence-corrected chi connectivity index (χ1v) is 12.9. The van der Waals surface area contributed by atoms with Gasteiger partial charge in [0.05, 0.1) is 17.1 Å². The number of nitrogens with two attached hydrogens (primary N) is 1. The number of hydrogen-bond acceptors (Lipinski definition) is 3. The number of carbonyl (C=O) groups is 1. The van der Waals surface area contributed by atoms with Gasteiger partial charge in [0.25, 0.3) is 5.91 Å². The minimum absolute atomic E-state index is 0.0211. The van der Waals surface area contributed by atoms with Crippen molar-refractivity contribution in [3.63, 3.8) is 0 Å². The summed E-state index contributed by atoms with van der Waals surface area (Å²) >= 11 is 0. The highest BCUT2D eigenvalue weighted by Gasteiger charge is 2.32. The molecule has 0 radical (unpaired) electrons. The lowest BCUT2D eigenvalue weighted by Gasteiger charge is -2.34. The Bertz CT molecular complexity index is 1320. The molecule has 5 heteroatoms. The topological polar surface area (TPSA) is 64.2 Å². The van der Waals surface area contributed by atoms with Crippen molar-refractivity contribution < 1.29 is 4.79 Å². The van der Waals surface area contributed by atoms with Crippen molar-refractivity contribution in [3.8, 4) is 0 Å². The van der Waals surface area contributed by atoms with Crippen molar-refractivity contribution in [2.75, 3.05) is 13.1 Å². The molecule has 0 aliphatic carbocycles. The molecule has 0 aliphatic heterocycles. The monoisotopic (exact) mass is 482 g/mol. The number of imidazole rings is 1. The van der Waals surface area contributed by atoms with E-state index in [0.29, 0.717) is 25.2 Å². The second kappa shape index (κ2) is 11.1. The second-order valence-electron chi connectivity index (χ2n) is 10.2. The van der Waals surface area contributed by atoms with Gasteiger partial charge in [-0.05, 0) is 80.6 Å². The normalized spacial score (nSPS) is 12.3. The van der Waals surface area contributed by atoms with Crippen molar-refractivity contribution >= 4 is 16.9 Å². The Morgan fingerprint density at radius 2 is 1.64 bits per heavy atom. The Kier molecular flexibility index (Phi) is 7.90. The fourth-order valence-electron chi connectivity index (χ4n) is 4.84. The summed E-state index contributed by atoms with van der Waals surface area (Å²) in [6.07, 6.45) is 0.734. The fraction of sp³-hybridized carbons (Fsp3) is 0.355. The molecule has 0 saturated carbocycles. The van der Waals surface area contributed by atoms with Crippen molar-refractivity contribution in [3.05, 3.63) is 100 Å². The molecule has 1 amide bonds. The van der Waals surface area contributed by atoms with E-state index in [1.807, 2.05) is 42.2 Å². The summed E-state index contributed by atoms with van der Waals surface area (Å²) in [6.45, 7) is 12.5. The molecule has 2 N–H and O–H groups in total. The second-order valence-corrected chi connectivity index (χ2v) is 10.2. The van der Waals surface area contributed by atoms with Crippen molar-refractivity contribution in [1.82, 2.24) is 14.5 Å². The number of carbonyl (C=O) groups excluding carboxylic acids is 1. The molecule has 5 nitrogen and oxygen atoms in total. The average Bonchev–Trinajstić information content (AvgIpc) is 3.18. The van der Waals surface area contributed by atoms with E-state index in [4.69, 9.17) is 10.7 Å².